The van der Waals surface area contributed by atoms with Crippen LogP contribution in [-0.4, -0.2) is 29.6 Å². The van der Waals surface area contributed by atoms with Gasteiger partial charge in [-0.05, 0) is 38.7 Å². The molecule has 1 heterocycles. The summed E-state index contributed by atoms with van der Waals surface area (Å²) in [5.74, 6) is -0.407. The van der Waals surface area contributed by atoms with Crippen molar-refractivity contribution in [3.8, 4) is 0 Å². The molecular formula is C19H33NO4P2. The number of rotatable bonds is 5. The summed E-state index contributed by atoms with van der Waals surface area (Å²) in [5, 5.41) is 0.692. The molecule has 1 saturated heterocycles. The van der Waals surface area contributed by atoms with Crippen molar-refractivity contribution in [3.63, 3.8) is 0 Å². The maximum Gasteiger partial charge on any atom is 0.262 e. The van der Waals surface area contributed by atoms with Gasteiger partial charge in [-0.2, -0.15) is 5.06 Å². The average molecular weight is 401 g/mol. The molecule has 4 atom stereocenters. The molecule has 2 rings (SSSR count). The van der Waals surface area contributed by atoms with E-state index in [1.54, 1.807) is 0 Å². The normalized spacial score (nSPS) is 30.7. The van der Waals surface area contributed by atoms with Crippen LogP contribution in [0, 0.1) is 5.41 Å². The summed E-state index contributed by atoms with van der Waals surface area (Å²) in [5.41, 5.74) is 0.123. The van der Waals surface area contributed by atoms with Gasteiger partial charge < -0.3 is 9.05 Å². The molecule has 0 radical (unpaired) electrons. The van der Waals surface area contributed by atoms with E-state index in [2.05, 4.69) is 51.0 Å². The maximum atomic E-state index is 14.6. The number of hydrogen-bond acceptors (Lipinski definition) is 5. The van der Waals surface area contributed by atoms with Gasteiger partial charge in [-0.1, -0.05) is 51.1 Å². The molecule has 1 aromatic rings. The van der Waals surface area contributed by atoms with E-state index in [1.165, 1.54) is 0 Å². The summed E-state index contributed by atoms with van der Waals surface area (Å²) in [6.07, 6.45) is 0. The third kappa shape index (κ3) is 3.68. The standard InChI is InChI=1S/C19H33NO4P2/c1-8-23-26(21)16(17(2,3)4)20(18(5,6)7)24-19(26,14-22-25)15-12-10-9-11-13-15/h9-13,16H,8,14,25H2,1-7H3. The van der Waals surface area contributed by atoms with Gasteiger partial charge in [-0.15, -0.1) is 0 Å². The van der Waals surface area contributed by atoms with Crippen LogP contribution >= 0.6 is 16.8 Å². The van der Waals surface area contributed by atoms with Gasteiger partial charge in [0.05, 0.1) is 13.2 Å². The van der Waals surface area contributed by atoms with Crippen molar-refractivity contribution in [2.75, 3.05) is 13.2 Å². The predicted octanol–water partition coefficient (Wildman–Crippen LogP) is 5.38. The van der Waals surface area contributed by atoms with Crippen molar-refractivity contribution < 1.29 is 18.5 Å². The van der Waals surface area contributed by atoms with Crippen LogP contribution in [0.15, 0.2) is 30.3 Å². The highest BCUT2D eigenvalue weighted by Gasteiger charge is 2.69. The van der Waals surface area contributed by atoms with Crippen LogP contribution in [0.1, 0.15) is 54.0 Å². The molecule has 1 aliphatic heterocycles. The van der Waals surface area contributed by atoms with Gasteiger partial charge in [0.2, 0.25) is 5.34 Å². The monoisotopic (exact) mass is 401 g/mol. The zero-order valence-electron chi connectivity index (χ0n) is 17.0. The molecule has 0 aliphatic carbocycles. The fraction of sp³-hybridized carbons (Fsp3) is 0.684. The van der Waals surface area contributed by atoms with Crippen LogP contribution in [0.3, 0.4) is 0 Å². The molecule has 26 heavy (non-hydrogen) atoms. The second-order valence-corrected chi connectivity index (χ2v) is 11.8. The van der Waals surface area contributed by atoms with Gasteiger partial charge in [0.1, 0.15) is 5.78 Å². The summed E-state index contributed by atoms with van der Waals surface area (Å²) < 4.78 is 26.2. The minimum atomic E-state index is -3.37. The lowest BCUT2D eigenvalue weighted by Gasteiger charge is -2.41. The quantitative estimate of drug-likeness (QED) is 0.620. The molecule has 0 amide bonds. The second kappa shape index (κ2) is 7.62. The van der Waals surface area contributed by atoms with Gasteiger partial charge in [0.15, 0.2) is 0 Å². The smallest absolute Gasteiger partial charge is 0.262 e. The number of hydroxylamine groups is 2. The van der Waals surface area contributed by atoms with E-state index in [4.69, 9.17) is 13.9 Å². The third-order valence-electron chi connectivity index (χ3n) is 4.56. The Labute approximate surface area is 160 Å². The SMILES string of the molecule is CCOP1(=O)C(C(C)(C)C)N(C(C)(C)C)OC1(COP)c1ccccc1. The molecule has 0 saturated carbocycles. The Kier molecular flexibility index (Phi) is 6.45. The minimum absolute atomic E-state index is 0.123. The Balaban J connectivity index is 2.79. The first-order valence-electron chi connectivity index (χ1n) is 9.04. The van der Waals surface area contributed by atoms with Crippen molar-refractivity contribution in [1.82, 2.24) is 5.06 Å². The van der Waals surface area contributed by atoms with E-state index in [0.29, 0.717) is 6.61 Å². The molecule has 1 fully saturated rings. The second-order valence-electron chi connectivity index (χ2n) is 8.80. The minimum Gasteiger partial charge on any atom is -0.362 e. The number of hydrogen-bond donors (Lipinski definition) is 0. The number of nitrogens with zero attached hydrogens (tertiary/aromatic N) is 1. The molecule has 0 aromatic heterocycles. The largest absolute Gasteiger partial charge is 0.362 e. The fourth-order valence-electron chi connectivity index (χ4n) is 3.58. The zero-order valence-corrected chi connectivity index (χ0v) is 19.0. The Morgan fingerprint density at radius 2 is 1.77 bits per heavy atom. The Hall–Kier alpha value is -0.280. The Bertz CT molecular complexity index is 654. The summed E-state index contributed by atoms with van der Waals surface area (Å²) in [7, 11) is -1.12. The van der Waals surface area contributed by atoms with Crippen LogP contribution in [0.2, 0.25) is 0 Å². The highest BCUT2D eigenvalue weighted by atomic mass is 31.2. The van der Waals surface area contributed by atoms with Crippen LogP contribution < -0.4 is 0 Å². The first-order chi connectivity index (χ1) is 11.9. The zero-order chi connectivity index (χ0) is 19.8. The fourth-order valence-corrected chi connectivity index (χ4v) is 7.74. The molecule has 7 heteroatoms. The highest BCUT2D eigenvalue weighted by Crippen LogP contribution is 2.76. The van der Waals surface area contributed by atoms with Crippen molar-refractivity contribution in [2.45, 2.75) is 65.1 Å². The van der Waals surface area contributed by atoms with Gasteiger partial charge in [-0.25, -0.2) is 0 Å². The molecule has 5 nitrogen and oxygen atoms in total. The van der Waals surface area contributed by atoms with Crippen molar-refractivity contribution in [1.29, 1.82) is 0 Å². The lowest BCUT2D eigenvalue weighted by Crippen LogP contribution is -2.49. The molecule has 0 spiro atoms. The van der Waals surface area contributed by atoms with Crippen molar-refractivity contribution in [2.24, 2.45) is 5.41 Å². The molecule has 148 valence electrons. The van der Waals surface area contributed by atoms with E-state index >= 15 is 0 Å². The highest BCUT2D eigenvalue weighted by molar-refractivity contribution is 7.61. The molecular weight excluding hydrogens is 368 g/mol. The first-order valence-corrected chi connectivity index (χ1v) is 11.2. The van der Waals surface area contributed by atoms with E-state index in [1.807, 2.05) is 42.3 Å². The van der Waals surface area contributed by atoms with E-state index in [9.17, 15) is 4.57 Å². The molecule has 1 aliphatic rings. The molecule has 4 unspecified atom stereocenters. The van der Waals surface area contributed by atoms with Gasteiger partial charge in [-0.3, -0.25) is 9.40 Å². The third-order valence-corrected chi connectivity index (χ3v) is 8.47. The lowest BCUT2D eigenvalue weighted by atomic mass is 9.94. The first kappa shape index (κ1) is 22.0. The van der Waals surface area contributed by atoms with E-state index < -0.39 is 18.5 Å². The molecule has 0 bridgehead atoms. The van der Waals surface area contributed by atoms with Crippen LogP contribution in [0.4, 0.5) is 0 Å². The van der Waals surface area contributed by atoms with Crippen LogP contribution in [0.5, 0.6) is 0 Å². The van der Waals surface area contributed by atoms with E-state index in [0.717, 1.165) is 5.56 Å². The van der Waals surface area contributed by atoms with E-state index in [-0.39, 0.29) is 17.6 Å². The van der Waals surface area contributed by atoms with Gasteiger partial charge >= 0.3 is 0 Å². The summed E-state index contributed by atoms with van der Waals surface area (Å²) >= 11 is 0. The molecule has 0 N–H and O–H groups in total. The van der Waals surface area contributed by atoms with Gasteiger partial charge in [0, 0.05) is 15.0 Å². The van der Waals surface area contributed by atoms with Crippen molar-refractivity contribution >= 4 is 16.8 Å². The Morgan fingerprint density at radius 3 is 2.19 bits per heavy atom. The van der Waals surface area contributed by atoms with Gasteiger partial charge in [0.25, 0.3) is 7.37 Å². The summed E-state index contributed by atoms with van der Waals surface area (Å²) in [4.78, 5) is 6.55. The summed E-state index contributed by atoms with van der Waals surface area (Å²) in [6.45, 7) is 14.8. The lowest BCUT2D eigenvalue weighted by molar-refractivity contribution is -0.261. The average Bonchev–Trinajstić information content (AvgIpc) is 2.79. The number of benzene rings is 1. The van der Waals surface area contributed by atoms with Crippen LogP contribution in [-0.2, 0) is 23.8 Å². The van der Waals surface area contributed by atoms with Crippen molar-refractivity contribution in [3.05, 3.63) is 35.9 Å². The topological polar surface area (TPSA) is 48.0 Å². The maximum absolute atomic E-state index is 14.6. The van der Waals surface area contributed by atoms with Crippen LogP contribution in [0.25, 0.3) is 0 Å². The Morgan fingerprint density at radius 1 is 1.19 bits per heavy atom. The summed E-state index contributed by atoms with van der Waals surface area (Å²) in [6, 6.07) is 9.64. The molecule has 1 aromatic carbocycles. The predicted molar refractivity (Wildman–Crippen MR) is 109 cm³/mol.